The zero-order valence-electron chi connectivity index (χ0n) is 11.3. The number of carboxylic acids is 1. The summed E-state index contributed by atoms with van der Waals surface area (Å²) in [7, 11) is -4.69. The van der Waals surface area contributed by atoms with Crippen LogP contribution in [0.1, 0.15) is 16.8 Å². The van der Waals surface area contributed by atoms with Crippen molar-refractivity contribution >= 4 is 21.7 Å². The third-order valence-electron chi connectivity index (χ3n) is 3.49. The topological polar surface area (TPSA) is 91.8 Å². The van der Waals surface area contributed by atoms with Crippen molar-refractivity contribution in [3.63, 3.8) is 0 Å². The Hall–Kier alpha value is -2.03. The molecule has 1 saturated heterocycles. The summed E-state index contributed by atoms with van der Waals surface area (Å²) in [6, 6.07) is 4.18. The van der Waals surface area contributed by atoms with Crippen molar-refractivity contribution in [1.82, 2.24) is 4.90 Å². The molecule has 0 radical (unpaired) electrons. The average Bonchev–Trinajstić information content (AvgIpc) is 2.96. The van der Waals surface area contributed by atoms with E-state index in [4.69, 9.17) is 5.11 Å². The Labute approximate surface area is 125 Å². The van der Waals surface area contributed by atoms with E-state index in [-0.39, 0.29) is 18.7 Å². The predicted octanol–water partition coefficient (Wildman–Crippen LogP) is 1.23. The lowest BCUT2D eigenvalue weighted by Crippen LogP contribution is -2.29. The number of carbonyl (C=O) groups is 2. The van der Waals surface area contributed by atoms with Crippen LogP contribution in [-0.4, -0.2) is 49.1 Å². The summed E-state index contributed by atoms with van der Waals surface area (Å²) in [5, 5.41) is 8.89. The molecule has 0 aromatic heterocycles. The maximum Gasteiger partial charge on any atom is 0.341 e. The molecular weight excluding hydrogens is 320 g/mol. The number of amides is 1. The number of carbonyl (C=O) groups excluding carboxylic acids is 1. The largest absolute Gasteiger partial charge is 0.481 e. The first kappa shape index (κ1) is 16.3. The zero-order chi connectivity index (χ0) is 16.5. The van der Waals surface area contributed by atoms with Gasteiger partial charge in [-0.25, -0.2) is 8.42 Å². The van der Waals surface area contributed by atoms with Gasteiger partial charge in [0.05, 0.1) is 10.8 Å². The number of halogens is 2. The molecule has 1 unspecified atom stereocenters. The lowest BCUT2D eigenvalue weighted by molar-refractivity contribution is -0.141. The Kier molecular flexibility index (Phi) is 4.45. The molecule has 1 fully saturated rings. The third-order valence-corrected chi connectivity index (χ3v) is 4.89. The van der Waals surface area contributed by atoms with Crippen LogP contribution < -0.4 is 0 Å². The highest BCUT2D eigenvalue weighted by Crippen LogP contribution is 2.21. The fraction of sp³-hybridized carbons (Fsp3) is 0.385. The molecule has 1 heterocycles. The Morgan fingerprint density at radius 2 is 1.82 bits per heavy atom. The third kappa shape index (κ3) is 3.08. The van der Waals surface area contributed by atoms with E-state index in [1.54, 1.807) is 0 Å². The van der Waals surface area contributed by atoms with E-state index in [0.29, 0.717) is 6.42 Å². The maximum atomic E-state index is 12.4. The molecule has 0 aliphatic carbocycles. The first-order chi connectivity index (χ1) is 10.2. The fourth-order valence-corrected chi connectivity index (χ4v) is 2.94. The van der Waals surface area contributed by atoms with Crippen LogP contribution in [0, 0.1) is 5.92 Å². The van der Waals surface area contributed by atoms with Gasteiger partial charge in [0.15, 0.2) is 0 Å². The van der Waals surface area contributed by atoms with Crippen molar-refractivity contribution in [1.29, 1.82) is 0 Å². The first-order valence-corrected chi connectivity index (χ1v) is 7.92. The second kappa shape index (κ2) is 5.99. The van der Waals surface area contributed by atoms with Gasteiger partial charge in [-0.3, -0.25) is 9.59 Å². The van der Waals surface area contributed by atoms with Gasteiger partial charge in [0.1, 0.15) is 0 Å². The summed E-state index contributed by atoms with van der Waals surface area (Å²) in [5.41, 5.74) is 0.124. The van der Waals surface area contributed by atoms with Gasteiger partial charge >= 0.3 is 11.7 Å². The van der Waals surface area contributed by atoms with Gasteiger partial charge in [0.2, 0.25) is 9.84 Å². The second-order valence-corrected chi connectivity index (χ2v) is 6.82. The molecule has 120 valence electrons. The molecule has 9 heteroatoms. The quantitative estimate of drug-likeness (QED) is 0.895. The van der Waals surface area contributed by atoms with Gasteiger partial charge in [-0.2, -0.15) is 8.78 Å². The van der Waals surface area contributed by atoms with Gasteiger partial charge in [0.25, 0.3) is 5.91 Å². The zero-order valence-corrected chi connectivity index (χ0v) is 12.1. The Morgan fingerprint density at radius 1 is 1.23 bits per heavy atom. The molecule has 6 nitrogen and oxygen atoms in total. The standard InChI is InChI=1S/C13H13F2NO5S/c14-13(15)22(20,21)10-3-1-8(2-4-10)11(17)16-6-5-9(7-16)12(18)19/h1-4,9,13H,5-7H2,(H,18,19). The van der Waals surface area contributed by atoms with Crippen LogP contribution in [0.4, 0.5) is 8.78 Å². The molecular formula is C13H13F2NO5S. The van der Waals surface area contributed by atoms with E-state index in [1.807, 2.05) is 0 Å². The summed E-state index contributed by atoms with van der Waals surface area (Å²) in [6.07, 6.45) is 0.346. The van der Waals surface area contributed by atoms with Crippen molar-refractivity contribution < 1.29 is 31.9 Å². The lowest BCUT2D eigenvalue weighted by Gasteiger charge is -2.16. The van der Waals surface area contributed by atoms with Crippen molar-refractivity contribution in [3.8, 4) is 0 Å². The molecule has 1 aromatic rings. The lowest BCUT2D eigenvalue weighted by atomic mass is 10.1. The molecule has 2 rings (SSSR count). The summed E-state index contributed by atoms with van der Waals surface area (Å²) in [4.78, 5) is 23.8. The van der Waals surface area contributed by atoms with E-state index in [2.05, 4.69) is 0 Å². The summed E-state index contributed by atoms with van der Waals surface area (Å²) >= 11 is 0. The van der Waals surface area contributed by atoms with Crippen LogP contribution in [0.3, 0.4) is 0 Å². The number of likely N-dealkylation sites (tertiary alicyclic amines) is 1. The van der Waals surface area contributed by atoms with E-state index in [0.717, 1.165) is 24.3 Å². The molecule has 1 aliphatic rings. The van der Waals surface area contributed by atoms with E-state index >= 15 is 0 Å². The summed E-state index contributed by atoms with van der Waals surface area (Å²) in [6.45, 7) is 0.359. The van der Waals surface area contributed by atoms with Crippen LogP contribution >= 0.6 is 0 Å². The van der Waals surface area contributed by atoms with Gasteiger partial charge in [-0.15, -0.1) is 0 Å². The van der Waals surface area contributed by atoms with Crippen molar-refractivity contribution in [2.75, 3.05) is 13.1 Å². The normalized spacial score (nSPS) is 18.7. The highest BCUT2D eigenvalue weighted by molar-refractivity contribution is 7.91. The Balaban J connectivity index is 2.15. The monoisotopic (exact) mass is 333 g/mol. The number of rotatable bonds is 4. The molecule has 1 N–H and O–H groups in total. The summed E-state index contributed by atoms with van der Waals surface area (Å²) < 4.78 is 47.4. The SMILES string of the molecule is O=C(O)C1CCN(C(=O)c2ccc(S(=O)(=O)C(F)F)cc2)C1. The highest BCUT2D eigenvalue weighted by Gasteiger charge is 2.32. The number of carboxylic acid groups (broad SMARTS) is 1. The molecule has 0 spiro atoms. The minimum atomic E-state index is -4.69. The highest BCUT2D eigenvalue weighted by atomic mass is 32.2. The number of nitrogens with zero attached hydrogens (tertiary/aromatic N) is 1. The van der Waals surface area contributed by atoms with Gasteiger partial charge < -0.3 is 10.0 Å². The Bertz CT molecular complexity index is 687. The van der Waals surface area contributed by atoms with Crippen LogP contribution in [-0.2, 0) is 14.6 Å². The molecule has 1 amide bonds. The number of benzene rings is 1. The van der Waals surface area contributed by atoms with Crippen molar-refractivity contribution in [3.05, 3.63) is 29.8 Å². The van der Waals surface area contributed by atoms with Crippen LogP contribution in [0.15, 0.2) is 29.2 Å². The van der Waals surface area contributed by atoms with Gasteiger partial charge in [-0.1, -0.05) is 0 Å². The van der Waals surface area contributed by atoms with Crippen LogP contribution in [0.5, 0.6) is 0 Å². The second-order valence-electron chi connectivity index (χ2n) is 4.91. The molecule has 1 aromatic carbocycles. The summed E-state index contributed by atoms with van der Waals surface area (Å²) in [5.74, 6) is -5.58. The van der Waals surface area contributed by atoms with Gasteiger partial charge in [-0.05, 0) is 30.7 Å². The number of aliphatic carboxylic acids is 1. The maximum absolute atomic E-state index is 12.4. The number of sulfone groups is 1. The number of alkyl halides is 2. The van der Waals surface area contributed by atoms with E-state index in [1.165, 1.54) is 4.90 Å². The molecule has 0 bridgehead atoms. The first-order valence-electron chi connectivity index (χ1n) is 6.37. The average molecular weight is 333 g/mol. The number of hydrogen-bond acceptors (Lipinski definition) is 4. The smallest absolute Gasteiger partial charge is 0.341 e. The van der Waals surface area contributed by atoms with Crippen LogP contribution in [0.2, 0.25) is 0 Å². The molecule has 22 heavy (non-hydrogen) atoms. The van der Waals surface area contributed by atoms with Gasteiger partial charge in [0, 0.05) is 18.7 Å². The van der Waals surface area contributed by atoms with E-state index in [9.17, 15) is 26.8 Å². The molecule has 1 atom stereocenters. The predicted molar refractivity (Wildman–Crippen MR) is 71.3 cm³/mol. The minimum Gasteiger partial charge on any atom is -0.481 e. The van der Waals surface area contributed by atoms with Crippen molar-refractivity contribution in [2.24, 2.45) is 5.92 Å². The minimum absolute atomic E-state index is 0.0747. The van der Waals surface area contributed by atoms with Crippen LogP contribution in [0.25, 0.3) is 0 Å². The van der Waals surface area contributed by atoms with Crippen molar-refractivity contribution in [2.45, 2.75) is 17.1 Å². The number of hydrogen-bond donors (Lipinski definition) is 1. The molecule has 0 saturated carbocycles. The molecule has 1 aliphatic heterocycles. The fourth-order valence-electron chi connectivity index (χ4n) is 2.22. The van der Waals surface area contributed by atoms with E-state index < -0.39 is 38.3 Å². The Morgan fingerprint density at radius 3 is 2.27 bits per heavy atom.